The largest absolute Gasteiger partial charge is 0.478 e. The molecule has 0 aliphatic rings. The molecule has 0 aliphatic heterocycles. The van der Waals surface area contributed by atoms with E-state index in [1.807, 2.05) is 24.3 Å². The highest BCUT2D eigenvalue weighted by Gasteiger charge is 2.13. The quantitative estimate of drug-likeness (QED) is 0.444. The number of benzene rings is 2. The molecule has 0 bridgehead atoms. The summed E-state index contributed by atoms with van der Waals surface area (Å²) in [5.41, 5.74) is 3.10. The zero-order chi connectivity index (χ0) is 21.5. The van der Waals surface area contributed by atoms with Crippen LogP contribution in [0.4, 0.5) is 0 Å². The Bertz CT molecular complexity index is 974. The van der Waals surface area contributed by atoms with Gasteiger partial charge in [0, 0.05) is 19.4 Å². The molecule has 0 saturated heterocycles. The Kier molecular flexibility index (Phi) is 7.39. The van der Waals surface area contributed by atoms with Gasteiger partial charge < -0.3 is 5.11 Å². The summed E-state index contributed by atoms with van der Waals surface area (Å²) < 4.78 is 2.07. The van der Waals surface area contributed by atoms with E-state index in [1.54, 1.807) is 12.1 Å². The summed E-state index contributed by atoms with van der Waals surface area (Å²) >= 11 is 0. The Morgan fingerprint density at radius 2 is 1.80 bits per heavy atom. The van der Waals surface area contributed by atoms with Crippen LogP contribution in [-0.4, -0.2) is 25.8 Å². The second kappa shape index (κ2) is 10.2. The Morgan fingerprint density at radius 1 is 1.07 bits per heavy atom. The highest BCUT2D eigenvalue weighted by Crippen LogP contribution is 2.24. The molecule has 0 spiro atoms. The first-order valence-corrected chi connectivity index (χ1v) is 10.8. The first-order valence-electron chi connectivity index (χ1n) is 10.8. The van der Waals surface area contributed by atoms with E-state index in [4.69, 9.17) is 10.1 Å². The molecule has 30 heavy (non-hydrogen) atoms. The predicted octanol–water partition coefficient (Wildman–Crippen LogP) is 5.62. The lowest BCUT2D eigenvalue weighted by Gasteiger charge is -2.08. The van der Waals surface area contributed by atoms with E-state index < -0.39 is 5.97 Å². The molecular formula is C25H31N3O2. The molecule has 2 aromatic carbocycles. The van der Waals surface area contributed by atoms with Gasteiger partial charge in [0.25, 0.3) is 0 Å². The van der Waals surface area contributed by atoms with Gasteiger partial charge in [0.2, 0.25) is 0 Å². The van der Waals surface area contributed by atoms with Crippen LogP contribution >= 0.6 is 0 Å². The van der Waals surface area contributed by atoms with Gasteiger partial charge in [-0.2, -0.15) is 5.10 Å². The number of nitrogens with zero attached hydrogens (tertiary/aromatic N) is 3. The summed E-state index contributed by atoms with van der Waals surface area (Å²) in [5, 5.41) is 14.2. The average molecular weight is 406 g/mol. The lowest BCUT2D eigenvalue weighted by molar-refractivity contribution is 0.0697. The Labute approximate surface area is 178 Å². The zero-order valence-electron chi connectivity index (χ0n) is 18.1. The van der Waals surface area contributed by atoms with Crippen LogP contribution in [0.1, 0.15) is 67.6 Å². The third kappa shape index (κ3) is 5.56. The van der Waals surface area contributed by atoms with Crippen molar-refractivity contribution in [2.75, 3.05) is 0 Å². The van der Waals surface area contributed by atoms with Crippen molar-refractivity contribution < 1.29 is 9.90 Å². The number of aryl methyl sites for hydroxylation is 1. The molecule has 3 rings (SSSR count). The van der Waals surface area contributed by atoms with Gasteiger partial charge in [-0.1, -0.05) is 76.1 Å². The molecule has 0 fully saturated rings. The maximum Gasteiger partial charge on any atom is 0.336 e. The van der Waals surface area contributed by atoms with E-state index in [9.17, 15) is 9.90 Å². The van der Waals surface area contributed by atoms with Crippen LogP contribution in [0.2, 0.25) is 0 Å². The fraction of sp³-hybridized carbons (Fsp3) is 0.400. The second-order valence-corrected chi connectivity index (χ2v) is 8.20. The molecule has 0 radical (unpaired) electrons. The van der Waals surface area contributed by atoms with E-state index in [-0.39, 0.29) is 0 Å². The van der Waals surface area contributed by atoms with E-state index in [0.717, 1.165) is 54.1 Å². The van der Waals surface area contributed by atoms with Crippen LogP contribution < -0.4 is 0 Å². The number of unbranched alkanes of at least 4 members (excludes halogenated alkanes) is 2. The van der Waals surface area contributed by atoms with Crippen LogP contribution in [0, 0.1) is 5.92 Å². The molecule has 158 valence electrons. The van der Waals surface area contributed by atoms with Crippen LogP contribution in [0.15, 0.2) is 48.5 Å². The van der Waals surface area contributed by atoms with Crippen LogP contribution in [0.5, 0.6) is 0 Å². The van der Waals surface area contributed by atoms with Crippen molar-refractivity contribution in [3.63, 3.8) is 0 Å². The van der Waals surface area contributed by atoms with Gasteiger partial charge in [-0.25, -0.2) is 14.5 Å². The molecule has 3 aromatic rings. The Hall–Kier alpha value is -2.95. The van der Waals surface area contributed by atoms with E-state index in [2.05, 4.69) is 37.6 Å². The molecule has 1 heterocycles. The zero-order valence-corrected chi connectivity index (χ0v) is 18.1. The molecule has 1 aromatic heterocycles. The summed E-state index contributed by atoms with van der Waals surface area (Å²) in [7, 11) is 0. The van der Waals surface area contributed by atoms with Crippen molar-refractivity contribution >= 4 is 5.97 Å². The minimum Gasteiger partial charge on any atom is -0.478 e. The standard InChI is InChI=1S/C25H31N3O2/c1-4-5-8-15-28-24(26-23(27-28)16-18(2)3)17-19-11-13-20(14-12-19)21-9-6-7-10-22(21)25(29)30/h6-7,9-14,18H,4-5,8,15-17H2,1-3H3,(H,29,30). The molecule has 0 saturated carbocycles. The normalized spacial score (nSPS) is 11.2. The Balaban J connectivity index is 1.81. The van der Waals surface area contributed by atoms with Gasteiger partial charge in [0.15, 0.2) is 5.82 Å². The molecule has 0 aliphatic carbocycles. The maximum atomic E-state index is 11.5. The van der Waals surface area contributed by atoms with Gasteiger partial charge in [0.05, 0.1) is 5.56 Å². The molecule has 0 amide bonds. The molecule has 1 N–H and O–H groups in total. The first-order chi connectivity index (χ1) is 14.5. The lowest BCUT2D eigenvalue weighted by atomic mass is 9.98. The van der Waals surface area contributed by atoms with Crippen LogP contribution in [0.25, 0.3) is 11.1 Å². The lowest BCUT2D eigenvalue weighted by Crippen LogP contribution is -2.07. The van der Waals surface area contributed by atoms with E-state index in [1.165, 1.54) is 12.8 Å². The topological polar surface area (TPSA) is 68.0 Å². The minimum atomic E-state index is -0.910. The SMILES string of the molecule is CCCCCn1nc(CC(C)C)nc1Cc1ccc(-c2ccccc2C(=O)O)cc1. The smallest absolute Gasteiger partial charge is 0.336 e. The van der Waals surface area contributed by atoms with Gasteiger partial charge in [0.1, 0.15) is 5.82 Å². The predicted molar refractivity (Wildman–Crippen MR) is 120 cm³/mol. The van der Waals surface area contributed by atoms with Gasteiger partial charge in [-0.05, 0) is 35.1 Å². The summed E-state index contributed by atoms with van der Waals surface area (Å²) in [6.07, 6.45) is 5.09. The number of hydrogen-bond donors (Lipinski definition) is 1. The van der Waals surface area contributed by atoms with Gasteiger partial charge in [-0.15, -0.1) is 0 Å². The summed E-state index contributed by atoms with van der Waals surface area (Å²) in [5.74, 6) is 1.54. The number of aromatic nitrogens is 3. The van der Waals surface area contributed by atoms with Crippen LogP contribution in [-0.2, 0) is 19.4 Å². The first kappa shape index (κ1) is 21.8. The molecule has 0 atom stereocenters. The summed E-state index contributed by atoms with van der Waals surface area (Å²) in [6, 6.07) is 15.2. The number of aromatic carboxylic acids is 1. The molecule has 5 heteroatoms. The number of carboxylic acid groups (broad SMARTS) is 1. The van der Waals surface area contributed by atoms with E-state index >= 15 is 0 Å². The van der Waals surface area contributed by atoms with Crippen molar-refractivity contribution in [3.8, 4) is 11.1 Å². The molecule has 0 unspecified atom stereocenters. The van der Waals surface area contributed by atoms with Crippen molar-refractivity contribution in [1.82, 2.24) is 14.8 Å². The van der Waals surface area contributed by atoms with Gasteiger partial charge >= 0.3 is 5.97 Å². The van der Waals surface area contributed by atoms with Crippen molar-refractivity contribution in [3.05, 3.63) is 71.3 Å². The van der Waals surface area contributed by atoms with Gasteiger partial charge in [-0.3, -0.25) is 0 Å². The fourth-order valence-corrected chi connectivity index (χ4v) is 3.61. The maximum absolute atomic E-state index is 11.5. The highest BCUT2D eigenvalue weighted by atomic mass is 16.4. The number of rotatable bonds is 10. The summed E-state index contributed by atoms with van der Waals surface area (Å²) in [6.45, 7) is 7.48. The fourth-order valence-electron chi connectivity index (χ4n) is 3.61. The minimum absolute atomic E-state index is 0.319. The molecular weight excluding hydrogens is 374 g/mol. The van der Waals surface area contributed by atoms with E-state index in [0.29, 0.717) is 11.5 Å². The van der Waals surface area contributed by atoms with Crippen molar-refractivity contribution in [1.29, 1.82) is 0 Å². The number of carboxylic acids is 1. The molecule has 5 nitrogen and oxygen atoms in total. The third-order valence-electron chi connectivity index (χ3n) is 5.14. The number of hydrogen-bond acceptors (Lipinski definition) is 3. The average Bonchev–Trinajstić information content (AvgIpc) is 3.09. The monoisotopic (exact) mass is 405 g/mol. The summed E-state index contributed by atoms with van der Waals surface area (Å²) in [4.78, 5) is 16.3. The van der Waals surface area contributed by atoms with Crippen LogP contribution in [0.3, 0.4) is 0 Å². The van der Waals surface area contributed by atoms with Crippen molar-refractivity contribution in [2.24, 2.45) is 5.92 Å². The second-order valence-electron chi connectivity index (χ2n) is 8.20. The number of carbonyl (C=O) groups is 1. The Morgan fingerprint density at radius 3 is 2.47 bits per heavy atom. The van der Waals surface area contributed by atoms with Crippen molar-refractivity contribution in [2.45, 2.75) is 59.4 Å². The highest BCUT2D eigenvalue weighted by molar-refractivity contribution is 5.95. The third-order valence-corrected chi connectivity index (χ3v) is 5.14.